The van der Waals surface area contributed by atoms with Crippen molar-refractivity contribution in [2.24, 2.45) is 5.41 Å². The van der Waals surface area contributed by atoms with Gasteiger partial charge in [-0.3, -0.25) is 0 Å². The van der Waals surface area contributed by atoms with Gasteiger partial charge in [0, 0.05) is 25.4 Å². The predicted molar refractivity (Wildman–Crippen MR) is 86.4 cm³/mol. The molecule has 3 N–H and O–H groups in total. The van der Waals surface area contributed by atoms with Crippen LogP contribution >= 0.6 is 0 Å². The first-order valence-corrected chi connectivity index (χ1v) is 7.94. The number of hydrogen-bond donors (Lipinski definition) is 3. The van der Waals surface area contributed by atoms with E-state index in [1.54, 1.807) is 20.8 Å². The molecular weight excluding hydrogens is 377 g/mol. The average Bonchev–Trinajstić information content (AvgIpc) is 2.54. The smallest absolute Gasteiger partial charge is 0.456 e. The molecule has 0 aliphatic carbocycles. The van der Waals surface area contributed by atoms with Crippen LogP contribution in [0, 0.1) is 5.41 Å². The number of carbonyl (C=O) groups is 1. The van der Waals surface area contributed by atoms with E-state index in [0.717, 1.165) is 12.3 Å². The predicted octanol–water partition coefficient (Wildman–Crippen LogP) is 2.86. The van der Waals surface area contributed by atoms with Crippen LogP contribution in [0.3, 0.4) is 0 Å². The molecule has 6 nitrogen and oxygen atoms in total. The number of rotatable bonds is 7. The van der Waals surface area contributed by atoms with Crippen molar-refractivity contribution in [2.45, 2.75) is 45.5 Å². The summed E-state index contributed by atoms with van der Waals surface area (Å²) >= 11 is 0. The second-order valence-electron chi connectivity index (χ2n) is 6.94. The van der Waals surface area contributed by atoms with Crippen LogP contribution in [-0.4, -0.2) is 47.5 Å². The minimum atomic E-state index is -5.72. The quantitative estimate of drug-likeness (QED) is 0.616. The first-order chi connectivity index (χ1) is 12.2. The Labute approximate surface area is 153 Å². The van der Waals surface area contributed by atoms with Crippen LogP contribution in [0.5, 0.6) is 5.88 Å². The molecule has 1 atom stereocenters. The highest BCUT2D eigenvalue weighted by Gasteiger charge is 2.58. The Hall–Kier alpha value is -2.17. The molecule has 0 fully saturated rings. The monoisotopic (exact) mass is 399 g/mol. The Balaban J connectivity index is 2.52. The number of urea groups is 1. The molecule has 0 unspecified atom stereocenters. The van der Waals surface area contributed by atoms with Crippen molar-refractivity contribution in [2.75, 3.05) is 13.2 Å². The van der Waals surface area contributed by atoms with Crippen LogP contribution in [-0.2, 0) is 6.54 Å². The van der Waals surface area contributed by atoms with Crippen molar-refractivity contribution in [3.05, 3.63) is 23.9 Å². The molecule has 154 valence electrons. The summed E-state index contributed by atoms with van der Waals surface area (Å²) in [7, 11) is 0. The molecule has 0 saturated heterocycles. The molecule has 1 heterocycles. The lowest BCUT2D eigenvalue weighted by Crippen LogP contribution is -2.43. The molecule has 27 heavy (non-hydrogen) atoms. The number of aliphatic hydroxyl groups excluding tert-OH is 1. The fourth-order valence-electron chi connectivity index (χ4n) is 1.63. The summed E-state index contributed by atoms with van der Waals surface area (Å²) in [5.41, 5.74) is -0.0369. The van der Waals surface area contributed by atoms with E-state index in [2.05, 4.69) is 20.4 Å². The molecule has 0 saturated carbocycles. The number of alkyl halides is 5. The normalized spacial score (nSPS) is 13.8. The van der Waals surface area contributed by atoms with Crippen LogP contribution in [0.25, 0.3) is 0 Å². The number of pyridine rings is 1. The third kappa shape index (κ3) is 7.53. The third-order valence-corrected chi connectivity index (χ3v) is 3.52. The van der Waals surface area contributed by atoms with E-state index >= 15 is 0 Å². The minimum absolute atomic E-state index is 0.0204. The fourth-order valence-corrected chi connectivity index (χ4v) is 1.63. The largest absolute Gasteiger partial charge is 0.471 e. The van der Waals surface area contributed by atoms with Crippen LogP contribution in [0.1, 0.15) is 26.3 Å². The number of amides is 2. The van der Waals surface area contributed by atoms with Crippen molar-refractivity contribution < 1.29 is 36.6 Å². The summed E-state index contributed by atoms with van der Waals surface area (Å²) in [4.78, 5) is 15.2. The van der Waals surface area contributed by atoms with E-state index in [0.29, 0.717) is 5.56 Å². The van der Waals surface area contributed by atoms with Crippen LogP contribution in [0.4, 0.5) is 26.7 Å². The molecule has 1 rings (SSSR count). The second kappa shape index (κ2) is 8.68. The molecule has 0 spiro atoms. The maximum atomic E-state index is 12.8. The van der Waals surface area contributed by atoms with Gasteiger partial charge in [0.05, 0.1) is 6.10 Å². The number of hydrogen-bond acceptors (Lipinski definition) is 4. The number of aromatic nitrogens is 1. The SMILES string of the molecule is CC(C)(C)[C@@H](O)CNC(=O)NCc1ccnc(OCC(F)(F)C(F)(F)F)c1. The van der Waals surface area contributed by atoms with Crippen molar-refractivity contribution in [1.29, 1.82) is 0 Å². The van der Waals surface area contributed by atoms with Gasteiger partial charge in [0.2, 0.25) is 5.88 Å². The molecule has 0 aromatic carbocycles. The number of aliphatic hydroxyl groups is 1. The van der Waals surface area contributed by atoms with Gasteiger partial charge in [0.1, 0.15) is 0 Å². The number of halogens is 5. The molecular formula is C16H22F5N3O3. The number of nitrogens with one attached hydrogen (secondary N) is 2. The first kappa shape index (κ1) is 22.9. The van der Waals surface area contributed by atoms with Gasteiger partial charge >= 0.3 is 18.1 Å². The third-order valence-electron chi connectivity index (χ3n) is 3.52. The van der Waals surface area contributed by atoms with E-state index in [-0.39, 0.29) is 13.1 Å². The lowest BCUT2D eigenvalue weighted by atomic mass is 9.89. The molecule has 0 aliphatic rings. The van der Waals surface area contributed by atoms with Crippen molar-refractivity contribution >= 4 is 6.03 Å². The van der Waals surface area contributed by atoms with Crippen molar-refractivity contribution in [1.82, 2.24) is 15.6 Å². The van der Waals surface area contributed by atoms with Gasteiger partial charge in [0.25, 0.3) is 0 Å². The number of ether oxygens (including phenoxy) is 1. The zero-order chi connectivity index (χ0) is 20.9. The van der Waals surface area contributed by atoms with E-state index < -0.39 is 42.1 Å². The maximum absolute atomic E-state index is 12.8. The number of carbonyl (C=O) groups excluding carboxylic acids is 1. The van der Waals surface area contributed by atoms with Crippen molar-refractivity contribution in [3.8, 4) is 5.88 Å². The van der Waals surface area contributed by atoms with E-state index in [1.807, 2.05) is 0 Å². The lowest BCUT2D eigenvalue weighted by molar-refractivity contribution is -0.290. The fraction of sp³-hybridized carbons (Fsp3) is 0.625. The van der Waals surface area contributed by atoms with Crippen LogP contribution < -0.4 is 15.4 Å². The number of nitrogens with zero attached hydrogens (tertiary/aromatic N) is 1. The lowest BCUT2D eigenvalue weighted by Gasteiger charge is -2.25. The summed E-state index contributed by atoms with van der Waals surface area (Å²) in [6, 6.07) is 1.98. The summed E-state index contributed by atoms with van der Waals surface area (Å²) in [6.07, 6.45) is -5.33. The van der Waals surface area contributed by atoms with Crippen LogP contribution in [0.15, 0.2) is 18.3 Å². The Morgan fingerprint density at radius 3 is 2.41 bits per heavy atom. The molecule has 2 amide bonds. The molecule has 0 radical (unpaired) electrons. The Kier molecular flexibility index (Phi) is 7.35. The molecule has 1 aromatic rings. The van der Waals surface area contributed by atoms with Gasteiger partial charge < -0.3 is 20.5 Å². The Bertz CT molecular complexity index is 632. The Morgan fingerprint density at radius 1 is 1.22 bits per heavy atom. The standard InChI is InChI=1S/C16H22F5N3O3/c1-14(2,3)11(25)8-24-13(26)23-7-10-4-5-22-12(6-10)27-9-15(17,18)16(19,20)21/h4-6,11,25H,7-9H2,1-3H3,(H2,23,24,26)/t11-/m0/s1. The highest BCUT2D eigenvalue weighted by atomic mass is 19.4. The van der Waals surface area contributed by atoms with E-state index in [4.69, 9.17) is 0 Å². The highest BCUT2D eigenvalue weighted by molar-refractivity contribution is 5.73. The van der Waals surface area contributed by atoms with Crippen molar-refractivity contribution in [3.63, 3.8) is 0 Å². The van der Waals surface area contributed by atoms with Gasteiger partial charge in [-0.15, -0.1) is 0 Å². The maximum Gasteiger partial charge on any atom is 0.456 e. The van der Waals surface area contributed by atoms with Gasteiger partial charge in [-0.25, -0.2) is 9.78 Å². The zero-order valence-electron chi connectivity index (χ0n) is 15.0. The Morgan fingerprint density at radius 2 is 1.85 bits per heavy atom. The average molecular weight is 399 g/mol. The summed E-state index contributed by atoms with van der Waals surface area (Å²) in [5.74, 6) is -5.43. The van der Waals surface area contributed by atoms with Crippen LogP contribution in [0.2, 0.25) is 0 Å². The van der Waals surface area contributed by atoms with Gasteiger partial charge in [-0.2, -0.15) is 22.0 Å². The first-order valence-electron chi connectivity index (χ1n) is 7.94. The summed E-state index contributed by atoms with van der Waals surface area (Å²) in [5, 5.41) is 14.8. The molecule has 11 heteroatoms. The topological polar surface area (TPSA) is 83.5 Å². The highest BCUT2D eigenvalue weighted by Crippen LogP contribution is 2.35. The van der Waals surface area contributed by atoms with E-state index in [9.17, 15) is 31.9 Å². The zero-order valence-corrected chi connectivity index (χ0v) is 15.0. The van der Waals surface area contributed by atoms with Gasteiger partial charge in [-0.05, 0) is 17.0 Å². The van der Waals surface area contributed by atoms with E-state index in [1.165, 1.54) is 6.07 Å². The minimum Gasteiger partial charge on any atom is -0.471 e. The van der Waals surface area contributed by atoms with Gasteiger partial charge in [0.15, 0.2) is 6.61 Å². The summed E-state index contributed by atoms with van der Waals surface area (Å²) < 4.78 is 66.4. The molecule has 0 aliphatic heterocycles. The summed E-state index contributed by atoms with van der Waals surface area (Å²) in [6.45, 7) is 3.48. The molecule has 1 aromatic heterocycles. The molecule has 0 bridgehead atoms. The second-order valence-corrected chi connectivity index (χ2v) is 6.94. The van der Waals surface area contributed by atoms with Gasteiger partial charge in [-0.1, -0.05) is 20.8 Å².